The zero-order valence-corrected chi connectivity index (χ0v) is 14.9. The topological polar surface area (TPSA) is 99.2 Å². The van der Waals surface area contributed by atoms with Crippen molar-refractivity contribution in [2.24, 2.45) is 0 Å². The monoisotopic (exact) mass is 348 g/mol. The predicted octanol–water partition coefficient (Wildman–Crippen LogP) is 2.67. The predicted molar refractivity (Wildman–Crippen MR) is 90.9 cm³/mol. The van der Waals surface area contributed by atoms with Crippen molar-refractivity contribution in [2.45, 2.75) is 31.2 Å². The van der Waals surface area contributed by atoms with Gasteiger partial charge in [0.15, 0.2) is 0 Å². The Balaban J connectivity index is 2.35. The molecule has 0 fully saturated rings. The van der Waals surface area contributed by atoms with Crippen LogP contribution in [0.1, 0.15) is 26.0 Å². The second-order valence-electron chi connectivity index (χ2n) is 5.57. The maximum Gasteiger partial charge on any atom is 0.242 e. The minimum Gasteiger partial charge on any atom is -0.419 e. The van der Waals surface area contributed by atoms with Crippen LogP contribution in [0.25, 0.3) is 11.5 Å². The van der Waals surface area contributed by atoms with E-state index in [0.717, 1.165) is 10.7 Å². The SMILES string of the molecule is CC[C@H](C)Nc1oc(-c2ccc(S(=O)(=O)N(C)C)cc2)nc1C#N. The highest BCUT2D eigenvalue weighted by Crippen LogP contribution is 2.27. The fourth-order valence-corrected chi connectivity index (χ4v) is 2.83. The lowest BCUT2D eigenvalue weighted by Gasteiger charge is -2.11. The van der Waals surface area contributed by atoms with Crippen LogP contribution in [0.3, 0.4) is 0 Å². The molecule has 0 amide bonds. The van der Waals surface area contributed by atoms with Gasteiger partial charge in [0.2, 0.25) is 27.5 Å². The smallest absolute Gasteiger partial charge is 0.242 e. The van der Waals surface area contributed by atoms with E-state index in [9.17, 15) is 13.7 Å². The molecule has 0 saturated carbocycles. The van der Waals surface area contributed by atoms with Gasteiger partial charge in [-0.15, -0.1) is 0 Å². The molecule has 0 aliphatic heterocycles. The Morgan fingerprint density at radius 2 is 1.96 bits per heavy atom. The van der Waals surface area contributed by atoms with Crippen LogP contribution in [0.4, 0.5) is 5.88 Å². The Labute approximate surface area is 142 Å². The maximum atomic E-state index is 12.1. The van der Waals surface area contributed by atoms with Gasteiger partial charge in [0.05, 0.1) is 4.90 Å². The number of oxazole rings is 1. The van der Waals surface area contributed by atoms with Gasteiger partial charge in [0.1, 0.15) is 6.07 Å². The fraction of sp³-hybridized carbons (Fsp3) is 0.375. The summed E-state index contributed by atoms with van der Waals surface area (Å²) in [4.78, 5) is 4.34. The van der Waals surface area contributed by atoms with Gasteiger partial charge in [-0.2, -0.15) is 10.2 Å². The van der Waals surface area contributed by atoms with Crippen molar-refractivity contribution in [3.63, 3.8) is 0 Å². The molecular formula is C16H20N4O3S. The molecule has 1 heterocycles. The Morgan fingerprint density at radius 3 is 2.46 bits per heavy atom. The zero-order valence-electron chi connectivity index (χ0n) is 14.1. The fourth-order valence-electron chi connectivity index (χ4n) is 1.92. The summed E-state index contributed by atoms with van der Waals surface area (Å²) < 4.78 is 30.9. The molecule has 1 atom stereocenters. The summed E-state index contributed by atoms with van der Waals surface area (Å²) >= 11 is 0. The second-order valence-corrected chi connectivity index (χ2v) is 7.73. The third kappa shape index (κ3) is 3.58. The summed E-state index contributed by atoms with van der Waals surface area (Å²) in [7, 11) is -0.534. The van der Waals surface area contributed by atoms with Crippen molar-refractivity contribution in [1.82, 2.24) is 9.29 Å². The number of nitriles is 1. The molecule has 0 bridgehead atoms. The van der Waals surface area contributed by atoms with E-state index in [1.165, 1.54) is 26.2 Å². The first kappa shape index (κ1) is 18.0. The normalized spacial score (nSPS) is 12.8. The highest BCUT2D eigenvalue weighted by atomic mass is 32.2. The first-order chi connectivity index (χ1) is 11.3. The van der Waals surface area contributed by atoms with Crippen molar-refractivity contribution in [1.29, 1.82) is 5.26 Å². The Hall–Kier alpha value is -2.37. The second kappa shape index (κ2) is 7.03. The molecule has 0 aliphatic rings. The molecule has 1 aromatic heterocycles. The molecule has 2 aromatic rings. The number of hydrogen-bond donors (Lipinski definition) is 1. The van der Waals surface area contributed by atoms with Crippen molar-refractivity contribution in [3.8, 4) is 17.5 Å². The van der Waals surface area contributed by atoms with Gasteiger partial charge in [0, 0.05) is 25.7 Å². The molecule has 8 heteroatoms. The third-order valence-corrected chi connectivity index (χ3v) is 5.43. The minimum atomic E-state index is -3.49. The molecule has 7 nitrogen and oxygen atoms in total. The lowest BCUT2D eigenvalue weighted by molar-refractivity contribution is 0.520. The van der Waals surface area contributed by atoms with Gasteiger partial charge >= 0.3 is 0 Å². The molecule has 128 valence electrons. The zero-order chi connectivity index (χ0) is 17.9. The van der Waals surface area contributed by atoms with E-state index >= 15 is 0 Å². The molecule has 0 saturated heterocycles. The highest BCUT2D eigenvalue weighted by molar-refractivity contribution is 7.89. The van der Waals surface area contributed by atoms with Gasteiger partial charge in [-0.25, -0.2) is 12.7 Å². The van der Waals surface area contributed by atoms with Crippen molar-refractivity contribution in [3.05, 3.63) is 30.0 Å². The number of hydrogen-bond acceptors (Lipinski definition) is 6. The van der Waals surface area contributed by atoms with E-state index in [1.807, 2.05) is 19.9 Å². The van der Waals surface area contributed by atoms with Gasteiger partial charge in [-0.1, -0.05) is 6.92 Å². The average molecular weight is 348 g/mol. The Morgan fingerprint density at radius 1 is 1.33 bits per heavy atom. The van der Waals surface area contributed by atoms with Gasteiger partial charge in [0.25, 0.3) is 0 Å². The van der Waals surface area contributed by atoms with Crippen LogP contribution in [0.5, 0.6) is 0 Å². The first-order valence-electron chi connectivity index (χ1n) is 7.50. The average Bonchev–Trinajstić information content (AvgIpc) is 2.97. The summed E-state index contributed by atoms with van der Waals surface area (Å²) in [6.07, 6.45) is 0.873. The van der Waals surface area contributed by atoms with E-state index < -0.39 is 10.0 Å². The number of anilines is 1. The molecule has 0 aliphatic carbocycles. The Kier molecular flexibility index (Phi) is 5.26. The summed E-state index contributed by atoms with van der Waals surface area (Å²) in [5, 5.41) is 12.3. The van der Waals surface area contributed by atoms with Gasteiger partial charge < -0.3 is 9.73 Å². The molecule has 0 spiro atoms. The standard InChI is InChI=1S/C16H20N4O3S/c1-5-11(2)18-16-14(10-17)19-15(23-16)12-6-8-13(9-7-12)24(21,22)20(3)4/h6-9,11,18H,5H2,1-4H3/t11-/m0/s1. The lowest BCUT2D eigenvalue weighted by atomic mass is 10.2. The summed E-state index contributed by atoms with van der Waals surface area (Å²) in [5.74, 6) is 0.595. The van der Waals surface area contributed by atoms with Gasteiger partial charge in [-0.3, -0.25) is 0 Å². The van der Waals surface area contributed by atoms with Crippen LogP contribution in [0, 0.1) is 11.3 Å². The quantitative estimate of drug-likeness (QED) is 0.861. The highest BCUT2D eigenvalue weighted by Gasteiger charge is 2.19. The van der Waals surface area contributed by atoms with E-state index in [1.54, 1.807) is 12.1 Å². The number of rotatable bonds is 6. The largest absolute Gasteiger partial charge is 0.419 e. The van der Waals surface area contributed by atoms with Crippen LogP contribution in [-0.2, 0) is 10.0 Å². The summed E-state index contributed by atoms with van der Waals surface area (Å²) in [5.41, 5.74) is 0.775. The molecule has 0 radical (unpaired) electrons. The van der Waals surface area contributed by atoms with Crippen LogP contribution in [0.15, 0.2) is 33.6 Å². The Bertz CT molecular complexity index is 848. The molecule has 1 aromatic carbocycles. The summed E-state index contributed by atoms with van der Waals surface area (Å²) in [6, 6.07) is 8.33. The van der Waals surface area contributed by atoms with Crippen LogP contribution in [-0.4, -0.2) is 37.8 Å². The lowest BCUT2D eigenvalue weighted by Crippen LogP contribution is -2.22. The molecule has 0 unspecified atom stereocenters. The number of nitrogens with one attached hydrogen (secondary N) is 1. The number of nitrogens with zero attached hydrogens (tertiary/aromatic N) is 3. The van der Waals surface area contributed by atoms with Crippen molar-refractivity contribution < 1.29 is 12.8 Å². The van der Waals surface area contributed by atoms with Crippen LogP contribution < -0.4 is 5.32 Å². The van der Waals surface area contributed by atoms with E-state index in [2.05, 4.69) is 10.3 Å². The molecule has 2 rings (SSSR count). The van der Waals surface area contributed by atoms with Gasteiger partial charge in [-0.05, 0) is 37.6 Å². The molecular weight excluding hydrogens is 328 g/mol. The third-order valence-electron chi connectivity index (χ3n) is 3.60. The number of benzene rings is 1. The van der Waals surface area contributed by atoms with Crippen molar-refractivity contribution >= 4 is 15.9 Å². The van der Waals surface area contributed by atoms with Crippen LogP contribution >= 0.6 is 0 Å². The molecule has 1 N–H and O–H groups in total. The first-order valence-corrected chi connectivity index (χ1v) is 8.94. The van der Waals surface area contributed by atoms with E-state index in [0.29, 0.717) is 11.4 Å². The van der Waals surface area contributed by atoms with Crippen molar-refractivity contribution in [2.75, 3.05) is 19.4 Å². The minimum absolute atomic E-state index is 0.144. The molecule has 24 heavy (non-hydrogen) atoms. The maximum absolute atomic E-state index is 12.1. The number of aromatic nitrogens is 1. The van der Waals surface area contributed by atoms with E-state index in [-0.39, 0.29) is 22.5 Å². The summed E-state index contributed by atoms with van der Waals surface area (Å²) in [6.45, 7) is 4.00. The number of sulfonamides is 1. The van der Waals surface area contributed by atoms with E-state index in [4.69, 9.17) is 4.42 Å². The van der Waals surface area contributed by atoms with Crippen LogP contribution in [0.2, 0.25) is 0 Å².